The minimum atomic E-state index is -0.401. The molecule has 0 saturated heterocycles. The molecule has 0 aromatic heterocycles. The maximum Gasteiger partial charge on any atom is 0.338 e. The summed E-state index contributed by atoms with van der Waals surface area (Å²) in [7, 11) is 0. The van der Waals surface area contributed by atoms with Crippen molar-refractivity contribution < 1.29 is 14.3 Å². The normalized spacial score (nSPS) is 12.5. The standard InChI is InChI=1S/C31H32O3/c1-20(2)10-9-11-23-15-17-26-28(19-23)30(34-31(32)21(3)4)25-16-14-22(5)18-27(25)29(26)33-24-12-7-6-8-13-24/h6-8,10,12-16,18H,3,9,11,17,19H2,1-2,4-5H3. The lowest BCUT2D eigenvalue weighted by molar-refractivity contribution is -0.130. The largest absolute Gasteiger partial charge is 0.456 e. The van der Waals surface area contributed by atoms with E-state index in [2.05, 4.69) is 45.6 Å². The zero-order valence-corrected chi connectivity index (χ0v) is 20.5. The smallest absolute Gasteiger partial charge is 0.338 e. The van der Waals surface area contributed by atoms with Crippen LogP contribution in [0.25, 0.3) is 10.8 Å². The molecule has 0 fully saturated rings. The van der Waals surface area contributed by atoms with Crippen molar-refractivity contribution in [3.63, 3.8) is 0 Å². The molecular weight excluding hydrogens is 420 g/mol. The van der Waals surface area contributed by atoms with Crippen molar-refractivity contribution in [2.75, 3.05) is 0 Å². The first kappa shape index (κ1) is 23.6. The van der Waals surface area contributed by atoms with Gasteiger partial charge in [-0.1, -0.05) is 65.8 Å². The maximum absolute atomic E-state index is 12.6. The molecule has 0 N–H and O–H groups in total. The Bertz CT molecular complexity index is 1310. The van der Waals surface area contributed by atoms with Gasteiger partial charge in [-0.15, -0.1) is 0 Å². The molecule has 1 aliphatic carbocycles. The molecule has 0 amide bonds. The van der Waals surface area contributed by atoms with Crippen molar-refractivity contribution in [3.8, 4) is 17.2 Å². The Hall–Kier alpha value is -3.59. The predicted molar refractivity (Wildman–Crippen MR) is 140 cm³/mol. The molecule has 0 atom stereocenters. The highest BCUT2D eigenvalue weighted by molar-refractivity contribution is 6.00. The lowest BCUT2D eigenvalue weighted by Crippen LogP contribution is -2.14. The van der Waals surface area contributed by atoms with Crippen LogP contribution in [0.1, 0.15) is 50.3 Å². The molecule has 0 saturated carbocycles. The van der Waals surface area contributed by atoms with Gasteiger partial charge in [0, 0.05) is 27.5 Å². The second kappa shape index (κ2) is 10.1. The fourth-order valence-electron chi connectivity index (χ4n) is 4.35. The summed E-state index contributed by atoms with van der Waals surface area (Å²) < 4.78 is 12.5. The van der Waals surface area contributed by atoms with Crippen LogP contribution in [0.3, 0.4) is 0 Å². The molecule has 3 aromatic rings. The number of hydrogen-bond acceptors (Lipinski definition) is 3. The van der Waals surface area contributed by atoms with E-state index >= 15 is 0 Å². The minimum absolute atomic E-state index is 0.383. The number of allylic oxidation sites excluding steroid dienone is 4. The highest BCUT2D eigenvalue weighted by Gasteiger charge is 2.26. The molecule has 0 spiro atoms. The van der Waals surface area contributed by atoms with Crippen LogP contribution >= 0.6 is 0 Å². The first-order chi connectivity index (χ1) is 16.3. The molecular formula is C31H32O3. The Morgan fingerprint density at radius 3 is 2.47 bits per heavy atom. The number of esters is 1. The van der Waals surface area contributed by atoms with Crippen molar-refractivity contribution in [2.45, 2.75) is 53.4 Å². The van der Waals surface area contributed by atoms with Gasteiger partial charge in [-0.25, -0.2) is 4.79 Å². The summed E-state index contributed by atoms with van der Waals surface area (Å²) in [6, 6.07) is 16.0. The van der Waals surface area contributed by atoms with Crippen LogP contribution in [0.5, 0.6) is 17.2 Å². The lowest BCUT2D eigenvalue weighted by Gasteiger charge is -2.25. The summed E-state index contributed by atoms with van der Waals surface area (Å²) in [5.41, 5.74) is 6.30. The van der Waals surface area contributed by atoms with Crippen LogP contribution in [-0.2, 0) is 17.6 Å². The lowest BCUT2D eigenvalue weighted by atomic mass is 9.85. The topological polar surface area (TPSA) is 35.5 Å². The highest BCUT2D eigenvalue weighted by atomic mass is 16.5. The van der Waals surface area contributed by atoms with E-state index in [4.69, 9.17) is 9.47 Å². The molecule has 0 aliphatic heterocycles. The fraction of sp³-hybridized carbons (Fsp3) is 0.258. The zero-order valence-electron chi connectivity index (χ0n) is 20.5. The average molecular weight is 453 g/mol. The second-order valence-corrected chi connectivity index (χ2v) is 9.31. The van der Waals surface area contributed by atoms with Crippen LogP contribution in [0.4, 0.5) is 0 Å². The van der Waals surface area contributed by atoms with E-state index in [0.29, 0.717) is 11.3 Å². The first-order valence-corrected chi connectivity index (χ1v) is 11.8. The number of benzene rings is 3. The van der Waals surface area contributed by atoms with Crippen LogP contribution in [0.15, 0.2) is 84.0 Å². The van der Waals surface area contributed by atoms with Crippen LogP contribution in [0, 0.1) is 6.92 Å². The Balaban J connectivity index is 1.88. The van der Waals surface area contributed by atoms with Gasteiger partial charge in [-0.2, -0.15) is 0 Å². The summed E-state index contributed by atoms with van der Waals surface area (Å²) >= 11 is 0. The fourth-order valence-corrected chi connectivity index (χ4v) is 4.35. The summed E-state index contributed by atoms with van der Waals surface area (Å²) in [5, 5.41) is 1.84. The van der Waals surface area contributed by atoms with Gasteiger partial charge in [0.25, 0.3) is 0 Å². The van der Waals surface area contributed by atoms with E-state index in [1.54, 1.807) is 6.92 Å². The summed E-state index contributed by atoms with van der Waals surface area (Å²) in [5.74, 6) is 1.86. The summed E-state index contributed by atoms with van der Waals surface area (Å²) in [4.78, 5) is 12.6. The van der Waals surface area contributed by atoms with Crippen molar-refractivity contribution in [3.05, 3.63) is 101 Å². The highest BCUT2D eigenvalue weighted by Crippen LogP contribution is 2.46. The number of hydrogen-bond donors (Lipinski definition) is 0. The maximum atomic E-state index is 12.6. The Kier molecular flexibility index (Phi) is 7.02. The van der Waals surface area contributed by atoms with E-state index in [9.17, 15) is 4.79 Å². The van der Waals surface area contributed by atoms with Crippen molar-refractivity contribution in [1.82, 2.24) is 0 Å². The van der Waals surface area contributed by atoms with Gasteiger partial charge < -0.3 is 9.47 Å². The molecule has 0 heterocycles. The monoisotopic (exact) mass is 452 g/mol. The number of fused-ring (bicyclic) bond motifs is 2. The van der Waals surface area contributed by atoms with Crippen LogP contribution < -0.4 is 9.47 Å². The Morgan fingerprint density at radius 2 is 1.76 bits per heavy atom. The van der Waals surface area contributed by atoms with Gasteiger partial charge in [-0.3, -0.25) is 0 Å². The number of rotatable bonds is 7. The molecule has 0 unspecified atom stereocenters. The van der Waals surface area contributed by atoms with Gasteiger partial charge in [0.2, 0.25) is 0 Å². The third-order valence-electron chi connectivity index (χ3n) is 6.10. The average Bonchev–Trinajstić information content (AvgIpc) is 2.81. The summed E-state index contributed by atoms with van der Waals surface area (Å²) in [6.45, 7) is 11.8. The third kappa shape index (κ3) is 5.14. The van der Waals surface area contributed by atoms with Crippen molar-refractivity contribution in [1.29, 1.82) is 0 Å². The van der Waals surface area contributed by atoms with Gasteiger partial charge in [0.1, 0.15) is 17.2 Å². The number of aryl methyl sites for hydroxylation is 1. The van der Waals surface area contributed by atoms with Crippen molar-refractivity contribution in [2.24, 2.45) is 0 Å². The van der Waals surface area contributed by atoms with E-state index in [-0.39, 0.29) is 0 Å². The SMILES string of the molecule is C=C(C)C(=O)Oc1c2c(c(Oc3ccccc3)c3cc(C)ccc13)CC=C(CCC=C(C)C)C2. The first-order valence-electron chi connectivity index (χ1n) is 11.8. The van der Waals surface area contributed by atoms with E-state index in [0.717, 1.165) is 64.6 Å². The second-order valence-electron chi connectivity index (χ2n) is 9.31. The third-order valence-corrected chi connectivity index (χ3v) is 6.10. The number of para-hydroxylation sites is 1. The molecule has 174 valence electrons. The van der Waals surface area contributed by atoms with E-state index in [1.165, 1.54) is 11.1 Å². The number of ether oxygens (including phenoxy) is 2. The molecule has 4 rings (SSSR count). The van der Waals surface area contributed by atoms with Gasteiger partial charge in [-0.05, 0) is 71.6 Å². The molecule has 3 nitrogen and oxygen atoms in total. The van der Waals surface area contributed by atoms with Crippen LogP contribution in [-0.4, -0.2) is 5.97 Å². The Labute approximate surface area is 202 Å². The minimum Gasteiger partial charge on any atom is -0.456 e. The number of carbonyl (C=O) groups is 1. The van der Waals surface area contributed by atoms with Gasteiger partial charge in [0.05, 0.1) is 0 Å². The number of carbonyl (C=O) groups excluding carboxylic acids is 1. The quantitative estimate of drug-likeness (QED) is 0.157. The van der Waals surface area contributed by atoms with Crippen LogP contribution in [0.2, 0.25) is 0 Å². The molecule has 3 aromatic carbocycles. The summed E-state index contributed by atoms with van der Waals surface area (Å²) in [6.07, 6.45) is 8.04. The molecule has 0 bridgehead atoms. The van der Waals surface area contributed by atoms with E-state index in [1.807, 2.05) is 42.5 Å². The molecule has 1 aliphatic rings. The Morgan fingerprint density at radius 1 is 1.00 bits per heavy atom. The molecule has 3 heteroatoms. The van der Waals surface area contributed by atoms with Gasteiger partial charge in [0.15, 0.2) is 0 Å². The zero-order chi connectivity index (χ0) is 24.2. The molecule has 0 radical (unpaired) electrons. The predicted octanol–water partition coefficient (Wildman–Crippen LogP) is 8.19. The van der Waals surface area contributed by atoms with E-state index < -0.39 is 5.97 Å². The van der Waals surface area contributed by atoms with Crippen molar-refractivity contribution >= 4 is 16.7 Å². The van der Waals surface area contributed by atoms with Gasteiger partial charge >= 0.3 is 5.97 Å². The molecule has 34 heavy (non-hydrogen) atoms.